The van der Waals surface area contributed by atoms with E-state index in [1.165, 1.54) is 4.90 Å². The SMILES string of the molecule is NCOCCNC(=O)Nc1ccc(NC(=O)N2CC[C@@H]3[C@H]2C(=O)N3S(=O)(=O)O)cc1. The zero-order chi connectivity index (χ0) is 21.9. The van der Waals surface area contributed by atoms with Crippen LogP contribution in [0.25, 0.3) is 0 Å². The summed E-state index contributed by atoms with van der Waals surface area (Å²) in [6.45, 7) is 0.829. The Hall–Kier alpha value is -2.94. The molecule has 164 valence electrons. The molecule has 14 heteroatoms. The van der Waals surface area contributed by atoms with Gasteiger partial charge in [-0.2, -0.15) is 8.42 Å². The van der Waals surface area contributed by atoms with Crippen molar-refractivity contribution < 1.29 is 32.1 Å². The molecule has 13 nitrogen and oxygen atoms in total. The molecule has 0 unspecified atom stereocenters. The number of rotatable bonds is 7. The molecular weight excluding hydrogens is 420 g/mol. The second-order valence-electron chi connectivity index (χ2n) is 6.57. The first kappa shape index (κ1) is 21.8. The highest BCUT2D eigenvalue weighted by Crippen LogP contribution is 2.35. The Bertz CT molecular complexity index is 923. The monoisotopic (exact) mass is 442 g/mol. The van der Waals surface area contributed by atoms with Gasteiger partial charge in [0.1, 0.15) is 6.04 Å². The Labute approximate surface area is 172 Å². The van der Waals surface area contributed by atoms with Crippen molar-refractivity contribution in [3.05, 3.63) is 24.3 Å². The number of carbonyl (C=O) groups is 3. The maximum Gasteiger partial charge on any atom is 0.362 e. The molecule has 2 fully saturated rings. The molecule has 2 heterocycles. The number of fused-ring (bicyclic) bond motifs is 1. The summed E-state index contributed by atoms with van der Waals surface area (Å²) in [4.78, 5) is 37.5. The largest absolute Gasteiger partial charge is 0.365 e. The number of amides is 5. The highest BCUT2D eigenvalue weighted by atomic mass is 32.2. The zero-order valence-electron chi connectivity index (χ0n) is 15.8. The summed E-state index contributed by atoms with van der Waals surface area (Å²) in [5.41, 5.74) is 6.08. The van der Waals surface area contributed by atoms with E-state index in [1.54, 1.807) is 24.3 Å². The van der Waals surface area contributed by atoms with E-state index in [4.69, 9.17) is 15.0 Å². The van der Waals surface area contributed by atoms with Crippen LogP contribution in [0.2, 0.25) is 0 Å². The van der Waals surface area contributed by atoms with Crippen LogP contribution in [0.1, 0.15) is 6.42 Å². The van der Waals surface area contributed by atoms with E-state index in [0.29, 0.717) is 22.2 Å². The molecule has 1 aromatic carbocycles. The fraction of sp³-hybridized carbons (Fsp3) is 0.438. The Morgan fingerprint density at radius 1 is 1.20 bits per heavy atom. The van der Waals surface area contributed by atoms with Gasteiger partial charge in [0.25, 0.3) is 5.91 Å². The third kappa shape index (κ3) is 4.62. The number of benzene rings is 1. The van der Waals surface area contributed by atoms with Gasteiger partial charge in [0.05, 0.1) is 19.4 Å². The Balaban J connectivity index is 1.51. The molecule has 0 spiro atoms. The van der Waals surface area contributed by atoms with Crippen molar-refractivity contribution in [2.45, 2.75) is 18.5 Å². The molecule has 0 saturated carbocycles. The number of nitrogens with zero attached hydrogens (tertiary/aromatic N) is 2. The standard InChI is InChI=1S/C16H22N6O7S/c17-9-29-8-6-18-15(24)19-10-1-3-11(4-2-10)20-16(25)21-7-5-12-13(21)14(23)22(12)30(26,27)28/h1-4,12-13H,5-9,17H2,(H,20,25)(H2,18,19,24)(H,26,27,28)/t12-,13+/m1/s1. The summed E-state index contributed by atoms with van der Waals surface area (Å²) in [5, 5.41) is 7.81. The minimum atomic E-state index is -4.63. The number of hydrogen-bond acceptors (Lipinski definition) is 7. The predicted molar refractivity (Wildman–Crippen MR) is 105 cm³/mol. The third-order valence-corrected chi connectivity index (χ3v) is 5.64. The molecule has 2 aliphatic heterocycles. The molecule has 2 aliphatic rings. The molecule has 6 N–H and O–H groups in total. The highest BCUT2D eigenvalue weighted by Gasteiger charge is 2.60. The van der Waals surface area contributed by atoms with E-state index in [9.17, 15) is 22.8 Å². The van der Waals surface area contributed by atoms with E-state index in [0.717, 1.165) is 0 Å². The molecule has 2 saturated heterocycles. The van der Waals surface area contributed by atoms with Gasteiger partial charge in [-0.3, -0.25) is 9.35 Å². The summed E-state index contributed by atoms with van der Waals surface area (Å²) in [6, 6.07) is 3.61. The van der Waals surface area contributed by atoms with Gasteiger partial charge in [0.2, 0.25) is 0 Å². The first-order chi connectivity index (χ1) is 14.2. The van der Waals surface area contributed by atoms with Crippen LogP contribution in [0.15, 0.2) is 24.3 Å². The van der Waals surface area contributed by atoms with Crippen molar-refractivity contribution in [3.8, 4) is 0 Å². The minimum absolute atomic E-state index is 0.0717. The third-order valence-electron chi connectivity index (χ3n) is 4.69. The van der Waals surface area contributed by atoms with Gasteiger partial charge in [-0.15, -0.1) is 0 Å². The van der Waals surface area contributed by atoms with E-state index in [2.05, 4.69) is 16.0 Å². The Morgan fingerprint density at radius 2 is 1.83 bits per heavy atom. The number of urea groups is 2. The molecule has 5 amide bonds. The average Bonchev–Trinajstić information content (AvgIpc) is 3.04. The van der Waals surface area contributed by atoms with E-state index in [1.807, 2.05) is 0 Å². The van der Waals surface area contributed by atoms with Crippen molar-refractivity contribution in [2.24, 2.45) is 5.73 Å². The van der Waals surface area contributed by atoms with E-state index < -0.39 is 40.4 Å². The van der Waals surface area contributed by atoms with Crippen LogP contribution >= 0.6 is 0 Å². The second-order valence-corrected chi connectivity index (χ2v) is 7.86. The zero-order valence-corrected chi connectivity index (χ0v) is 16.6. The molecule has 0 radical (unpaired) electrons. The van der Waals surface area contributed by atoms with Crippen LogP contribution in [-0.2, 0) is 19.8 Å². The first-order valence-electron chi connectivity index (χ1n) is 9.03. The maximum atomic E-state index is 12.5. The lowest BCUT2D eigenvalue weighted by atomic mass is 10.0. The predicted octanol–water partition coefficient (Wildman–Crippen LogP) is -0.639. The summed E-state index contributed by atoms with van der Waals surface area (Å²) in [7, 11) is -4.63. The number of anilines is 2. The van der Waals surface area contributed by atoms with Crippen LogP contribution in [0.3, 0.4) is 0 Å². The van der Waals surface area contributed by atoms with Crippen molar-refractivity contribution in [1.29, 1.82) is 0 Å². The molecule has 30 heavy (non-hydrogen) atoms. The number of carbonyl (C=O) groups excluding carboxylic acids is 3. The number of likely N-dealkylation sites (tertiary alicyclic amines) is 1. The number of β-lactam (4-membered cyclic amide) rings is 1. The smallest absolute Gasteiger partial charge is 0.362 e. The summed E-state index contributed by atoms with van der Waals surface area (Å²) in [6.07, 6.45) is 0.248. The normalized spacial score (nSPS) is 20.4. The molecule has 1 aromatic rings. The highest BCUT2D eigenvalue weighted by molar-refractivity contribution is 7.84. The van der Waals surface area contributed by atoms with Crippen LogP contribution < -0.4 is 21.7 Å². The van der Waals surface area contributed by atoms with E-state index >= 15 is 0 Å². The lowest BCUT2D eigenvalue weighted by molar-refractivity contribution is -0.143. The second kappa shape index (κ2) is 8.83. The maximum absolute atomic E-state index is 12.5. The van der Waals surface area contributed by atoms with Gasteiger partial charge in [-0.1, -0.05) is 0 Å². The summed E-state index contributed by atoms with van der Waals surface area (Å²) < 4.78 is 36.8. The summed E-state index contributed by atoms with van der Waals surface area (Å²) >= 11 is 0. The topological polar surface area (TPSA) is 183 Å². The van der Waals surface area contributed by atoms with Gasteiger partial charge in [-0.25, -0.2) is 13.9 Å². The number of ether oxygens (including phenoxy) is 1. The van der Waals surface area contributed by atoms with Crippen molar-refractivity contribution in [1.82, 2.24) is 14.5 Å². The van der Waals surface area contributed by atoms with E-state index in [-0.39, 0.29) is 26.3 Å². The lowest BCUT2D eigenvalue weighted by Gasteiger charge is -2.42. The molecule has 2 atom stereocenters. The van der Waals surface area contributed by atoms with Crippen LogP contribution in [-0.4, -0.2) is 78.7 Å². The molecule has 0 aliphatic carbocycles. The average molecular weight is 442 g/mol. The van der Waals surface area contributed by atoms with Crippen molar-refractivity contribution in [2.75, 3.05) is 37.1 Å². The first-order valence-corrected chi connectivity index (χ1v) is 10.4. The van der Waals surface area contributed by atoms with Crippen LogP contribution in [0, 0.1) is 0 Å². The number of nitrogens with two attached hydrogens (primary N) is 1. The van der Waals surface area contributed by atoms with Crippen LogP contribution in [0.5, 0.6) is 0 Å². The fourth-order valence-electron chi connectivity index (χ4n) is 3.37. The summed E-state index contributed by atoms with van der Waals surface area (Å²) in [5.74, 6) is -0.836. The fourth-order valence-corrected chi connectivity index (χ4v) is 4.27. The van der Waals surface area contributed by atoms with Crippen molar-refractivity contribution in [3.63, 3.8) is 0 Å². The Morgan fingerprint density at radius 3 is 2.43 bits per heavy atom. The minimum Gasteiger partial charge on any atom is -0.365 e. The molecule has 0 aromatic heterocycles. The van der Waals surface area contributed by atoms with Crippen molar-refractivity contribution >= 4 is 39.6 Å². The van der Waals surface area contributed by atoms with Gasteiger partial charge in [0, 0.05) is 24.5 Å². The Kier molecular flexibility index (Phi) is 6.40. The quantitative estimate of drug-likeness (QED) is 0.160. The van der Waals surface area contributed by atoms with Gasteiger partial charge >= 0.3 is 22.4 Å². The van der Waals surface area contributed by atoms with Gasteiger partial charge in [0.15, 0.2) is 0 Å². The molecule has 3 rings (SSSR count). The lowest BCUT2D eigenvalue weighted by Crippen LogP contribution is -2.68. The van der Waals surface area contributed by atoms with Crippen LogP contribution in [0.4, 0.5) is 21.0 Å². The van der Waals surface area contributed by atoms with Gasteiger partial charge in [-0.05, 0) is 30.7 Å². The van der Waals surface area contributed by atoms with Gasteiger partial charge < -0.3 is 31.3 Å². The number of nitrogens with one attached hydrogen (secondary N) is 3. The molecular formula is C16H22N6O7S. The molecule has 0 bridgehead atoms. The number of hydrogen-bond donors (Lipinski definition) is 5.